The number of carbonyl (C=O) groups is 3. The number of nitrogens with zero attached hydrogens (tertiary/aromatic N) is 2. The van der Waals surface area contributed by atoms with E-state index < -0.39 is 12.1 Å². The van der Waals surface area contributed by atoms with Crippen molar-refractivity contribution in [1.29, 1.82) is 0 Å². The zero-order chi connectivity index (χ0) is 20.4. The number of methoxy groups -OCH3 is 1. The van der Waals surface area contributed by atoms with Crippen LogP contribution in [0, 0.1) is 0 Å². The van der Waals surface area contributed by atoms with E-state index in [1.54, 1.807) is 41.2 Å². The smallest absolute Gasteiger partial charge is 0.254 e. The lowest BCUT2D eigenvalue weighted by atomic mass is 9.98. The lowest BCUT2D eigenvalue weighted by molar-refractivity contribution is -0.152. The second-order valence-electron chi connectivity index (χ2n) is 7.28. The second kappa shape index (κ2) is 7.95. The van der Waals surface area contributed by atoms with Gasteiger partial charge in [0, 0.05) is 25.1 Å². The minimum Gasteiger partial charge on any atom is -0.497 e. The molecule has 0 spiro atoms. The van der Waals surface area contributed by atoms with Gasteiger partial charge in [0.25, 0.3) is 5.91 Å². The van der Waals surface area contributed by atoms with E-state index in [0.717, 1.165) is 5.56 Å². The number of ether oxygens (including phenoxy) is 1. The van der Waals surface area contributed by atoms with E-state index in [-0.39, 0.29) is 24.3 Å². The molecule has 1 N–H and O–H groups in total. The molecule has 2 aromatic rings. The number of hydrogen-bond donors (Lipinski definition) is 1. The van der Waals surface area contributed by atoms with Crippen molar-refractivity contribution in [3.63, 3.8) is 0 Å². The van der Waals surface area contributed by atoms with Crippen molar-refractivity contribution in [3.05, 3.63) is 65.7 Å². The summed E-state index contributed by atoms with van der Waals surface area (Å²) in [4.78, 5) is 41.7. The average molecular weight is 393 g/mol. The molecule has 0 saturated carbocycles. The second-order valence-corrected chi connectivity index (χ2v) is 7.28. The number of benzene rings is 2. The molecule has 0 aliphatic carbocycles. The fourth-order valence-corrected chi connectivity index (χ4v) is 3.89. The van der Waals surface area contributed by atoms with Crippen LogP contribution in [0.15, 0.2) is 54.6 Å². The van der Waals surface area contributed by atoms with Crippen LogP contribution >= 0.6 is 0 Å². The molecule has 2 aromatic carbocycles. The van der Waals surface area contributed by atoms with Crippen LogP contribution < -0.4 is 10.1 Å². The Labute approximate surface area is 169 Å². The number of amides is 3. The molecule has 7 heteroatoms. The molecule has 0 radical (unpaired) electrons. The summed E-state index contributed by atoms with van der Waals surface area (Å²) in [5.41, 5.74) is 1.53. The Bertz CT molecular complexity index is 913. The Morgan fingerprint density at radius 3 is 2.48 bits per heavy atom. The third-order valence-corrected chi connectivity index (χ3v) is 5.49. The topological polar surface area (TPSA) is 79.0 Å². The number of hydrogen-bond acceptors (Lipinski definition) is 4. The maximum atomic E-state index is 12.9. The zero-order valence-electron chi connectivity index (χ0n) is 16.2. The van der Waals surface area contributed by atoms with Gasteiger partial charge in [0.05, 0.1) is 13.7 Å². The van der Waals surface area contributed by atoms with Gasteiger partial charge >= 0.3 is 0 Å². The molecule has 4 rings (SSSR count). The summed E-state index contributed by atoms with van der Waals surface area (Å²) in [7, 11) is 1.57. The van der Waals surface area contributed by atoms with Crippen molar-refractivity contribution in [2.24, 2.45) is 0 Å². The first-order valence-electron chi connectivity index (χ1n) is 9.65. The summed E-state index contributed by atoms with van der Waals surface area (Å²) in [6, 6.07) is 15.3. The van der Waals surface area contributed by atoms with Crippen molar-refractivity contribution in [1.82, 2.24) is 15.1 Å². The molecule has 150 valence electrons. The van der Waals surface area contributed by atoms with E-state index in [9.17, 15) is 14.4 Å². The van der Waals surface area contributed by atoms with Crippen LogP contribution in [0.2, 0.25) is 0 Å². The van der Waals surface area contributed by atoms with Gasteiger partial charge in [-0.2, -0.15) is 0 Å². The minimum absolute atomic E-state index is 0.0880. The quantitative estimate of drug-likeness (QED) is 0.844. The summed E-state index contributed by atoms with van der Waals surface area (Å²) >= 11 is 0. The number of piperazine rings is 2. The summed E-state index contributed by atoms with van der Waals surface area (Å²) in [6.07, 6.45) is 0.461. The third kappa shape index (κ3) is 3.81. The van der Waals surface area contributed by atoms with E-state index >= 15 is 0 Å². The molecule has 2 aliphatic rings. The maximum Gasteiger partial charge on any atom is 0.254 e. The molecule has 0 bridgehead atoms. The summed E-state index contributed by atoms with van der Waals surface area (Å²) in [5.74, 6) is 0.222. The molecular weight excluding hydrogens is 370 g/mol. The van der Waals surface area contributed by atoms with Gasteiger partial charge in [-0.15, -0.1) is 0 Å². The van der Waals surface area contributed by atoms with Crippen LogP contribution in [-0.4, -0.2) is 66.3 Å². The van der Waals surface area contributed by atoms with Crippen molar-refractivity contribution in [2.75, 3.05) is 26.7 Å². The predicted octanol–water partition coefficient (Wildman–Crippen LogP) is 1.09. The predicted molar refractivity (Wildman–Crippen MR) is 106 cm³/mol. The lowest BCUT2D eigenvalue weighted by Gasteiger charge is -2.45. The molecule has 29 heavy (non-hydrogen) atoms. The standard InChI is InChI=1S/C22H23N3O4/c1-29-17-9-7-16(8-10-17)21(27)24-11-12-25-19(14-24)20(26)23-18(22(25)28)13-15-5-3-2-4-6-15/h2-10,18-19H,11-14H2,1H3,(H,23,26). The summed E-state index contributed by atoms with van der Waals surface area (Å²) < 4.78 is 5.12. The third-order valence-electron chi connectivity index (χ3n) is 5.49. The highest BCUT2D eigenvalue weighted by molar-refractivity contribution is 5.99. The van der Waals surface area contributed by atoms with Gasteiger partial charge in [0.2, 0.25) is 11.8 Å². The Balaban J connectivity index is 1.44. The van der Waals surface area contributed by atoms with Crippen molar-refractivity contribution >= 4 is 17.7 Å². The molecule has 0 aromatic heterocycles. The average Bonchev–Trinajstić information content (AvgIpc) is 2.77. The van der Waals surface area contributed by atoms with E-state index in [1.807, 2.05) is 30.3 Å². The van der Waals surface area contributed by atoms with Crippen molar-refractivity contribution in [2.45, 2.75) is 18.5 Å². The minimum atomic E-state index is -0.648. The van der Waals surface area contributed by atoms with E-state index in [1.165, 1.54) is 0 Å². The van der Waals surface area contributed by atoms with E-state index in [0.29, 0.717) is 30.8 Å². The molecular formula is C22H23N3O4. The zero-order valence-corrected chi connectivity index (χ0v) is 16.2. The molecule has 3 amide bonds. The van der Waals surface area contributed by atoms with Crippen LogP contribution in [0.25, 0.3) is 0 Å². The highest BCUT2D eigenvalue weighted by Crippen LogP contribution is 2.20. The SMILES string of the molecule is COc1ccc(C(=O)N2CCN3C(=O)C(Cc4ccccc4)NC(=O)C3C2)cc1. The van der Waals surface area contributed by atoms with Crippen LogP contribution in [0.4, 0.5) is 0 Å². The maximum absolute atomic E-state index is 12.9. The number of rotatable bonds is 4. The van der Waals surface area contributed by atoms with Crippen LogP contribution in [0.1, 0.15) is 15.9 Å². The van der Waals surface area contributed by atoms with Crippen molar-refractivity contribution in [3.8, 4) is 5.75 Å². The summed E-state index contributed by atoms with van der Waals surface area (Å²) in [6.45, 7) is 0.947. The van der Waals surface area contributed by atoms with Crippen molar-refractivity contribution < 1.29 is 19.1 Å². The van der Waals surface area contributed by atoms with Gasteiger partial charge in [-0.3, -0.25) is 14.4 Å². The first-order chi connectivity index (χ1) is 14.1. The first-order valence-corrected chi connectivity index (χ1v) is 9.65. The van der Waals surface area contributed by atoms with Gasteiger partial charge < -0.3 is 19.9 Å². The first kappa shape index (κ1) is 19.0. The largest absolute Gasteiger partial charge is 0.497 e. The molecule has 2 atom stereocenters. The number of fused-ring (bicyclic) bond motifs is 1. The normalized spacial score (nSPS) is 21.4. The highest BCUT2D eigenvalue weighted by atomic mass is 16.5. The highest BCUT2D eigenvalue weighted by Gasteiger charge is 2.44. The molecule has 2 saturated heterocycles. The Morgan fingerprint density at radius 1 is 1.07 bits per heavy atom. The van der Waals surface area contributed by atoms with E-state index in [4.69, 9.17) is 4.74 Å². The number of carbonyl (C=O) groups excluding carboxylic acids is 3. The molecule has 2 unspecified atom stereocenters. The van der Waals surface area contributed by atoms with Gasteiger partial charge in [0.1, 0.15) is 17.8 Å². The monoisotopic (exact) mass is 393 g/mol. The fraction of sp³-hybridized carbons (Fsp3) is 0.318. The Hall–Kier alpha value is -3.35. The van der Waals surface area contributed by atoms with Gasteiger partial charge in [-0.1, -0.05) is 30.3 Å². The Morgan fingerprint density at radius 2 is 1.79 bits per heavy atom. The summed E-state index contributed by atoms with van der Waals surface area (Å²) in [5, 5.41) is 2.84. The Kier molecular flexibility index (Phi) is 5.20. The van der Waals surface area contributed by atoms with Crippen LogP contribution in [0.5, 0.6) is 5.75 Å². The lowest BCUT2D eigenvalue weighted by Crippen LogP contribution is -2.70. The fourth-order valence-electron chi connectivity index (χ4n) is 3.89. The van der Waals surface area contributed by atoms with Gasteiger partial charge in [-0.05, 0) is 29.8 Å². The molecule has 2 aliphatic heterocycles. The van der Waals surface area contributed by atoms with Gasteiger partial charge in [0.15, 0.2) is 0 Å². The van der Waals surface area contributed by atoms with E-state index in [2.05, 4.69) is 5.32 Å². The molecule has 2 fully saturated rings. The van der Waals surface area contributed by atoms with Crippen LogP contribution in [-0.2, 0) is 16.0 Å². The molecule has 7 nitrogen and oxygen atoms in total. The molecule has 2 heterocycles. The van der Waals surface area contributed by atoms with Crippen LogP contribution in [0.3, 0.4) is 0 Å². The number of nitrogens with one attached hydrogen (secondary N) is 1. The van der Waals surface area contributed by atoms with Gasteiger partial charge in [-0.25, -0.2) is 0 Å².